The van der Waals surface area contributed by atoms with Crippen molar-refractivity contribution in [3.8, 4) is 5.75 Å². The number of benzene rings is 3. The van der Waals surface area contributed by atoms with Gasteiger partial charge in [0.2, 0.25) is 0 Å². The molecule has 0 aromatic heterocycles. The number of hydrogen-bond acceptors (Lipinski definition) is 3. The molecule has 2 atom stereocenters. The Bertz CT molecular complexity index is 1270. The molecular formula is C26H21Cl2F3N2O3. The fourth-order valence-corrected chi connectivity index (χ4v) is 5.22. The lowest BCUT2D eigenvalue weighted by Crippen LogP contribution is -2.54. The summed E-state index contributed by atoms with van der Waals surface area (Å²) in [5.41, 5.74) is -1.06. The normalized spacial score (nSPS) is 22.6. The summed E-state index contributed by atoms with van der Waals surface area (Å²) in [7, 11) is 0. The van der Waals surface area contributed by atoms with Gasteiger partial charge < -0.3 is 9.84 Å². The van der Waals surface area contributed by atoms with Gasteiger partial charge in [-0.15, -0.1) is 13.2 Å². The maximum atomic E-state index is 14.0. The van der Waals surface area contributed by atoms with Crippen LogP contribution in [0.4, 0.5) is 29.3 Å². The van der Waals surface area contributed by atoms with Crippen molar-refractivity contribution >= 4 is 40.6 Å². The van der Waals surface area contributed by atoms with E-state index in [-0.39, 0.29) is 11.5 Å². The first-order valence-electron chi connectivity index (χ1n) is 11.3. The van der Waals surface area contributed by atoms with E-state index in [0.29, 0.717) is 21.4 Å². The molecule has 0 bridgehead atoms. The van der Waals surface area contributed by atoms with E-state index in [9.17, 15) is 23.1 Å². The fraction of sp³-hybridized carbons (Fsp3) is 0.269. The van der Waals surface area contributed by atoms with Crippen LogP contribution in [-0.2, 0) is 5.72 Å². The van der Waals surface area contributed by atoms with E-state index in [1.165, 1.54) is 21.9 Å². The van der Waals surface area contributed by atoms with Crippen LogP contribution in [0.1, 0.15) is 24.8 Å². The molecule has 0 radical (unpaired) electrons. The van der Waals surface area contributed by atoms with Gasteiger partial charge in [0.25, 0.3) is 0 Å². The highest BCUT2D eigenvalue weighted by atomic mass is 35.5. The number of carbonyl (C=O) groups is 1. The zero-order valence-electron chi connectivity index (χ0n) is 18.8. The minimum absolute atomic E-state index is 0.0980. The van der Waals surface area contributed by atoms with Crippen LogP contribution in [-0.4, -0.2) is 23.5 Å². The van der Waals surface area contributed by atoms with Gasteiger partial charge in [0.1, 0.15) is 5.75 Å². The SMILES string of the molecule is O=C1N(c2ccc(Cl)cc2)[C@@H](C2CCC2)C(O)(c2cccc(OC(F)(F)F)c2)N1c1ccc(Cl)cc1. The third-order valence-corrected chi connectivity index (χ3v) is 7.21. The van der Waals surface area contributed by atoms with Crippen LogP contribution in [0.25, 0.3) is 0 Å². The Hall–Kier alpha value is -2.94. The molecule has 1 N–H and O–H groups in total. The summed E-state index contributed by atoms with van der Waals surface area (Å²) >= 11 is 12.1. The van der Waals surface area contributed by atoms with Crippen LogP contribution in [0.5, 0.6) is 5.75 Å². The molecule has 188 valence electrons. The van der Waals surface area contributed by atoms with Crippen LogP contribution in [0.3, 0.4) is 0 Å². The Morgan fingerprint density at radius 2 is 1.50 bits per heavy atom. The first kappa shape index (κ1) is 24.7. The number of alkyl halides is 3. The largest absolute Gasteiger partial charge is 0.573 e. The minimum Gasteiger partial charge on any atom is -0.406 e. The van der Waals surface area contributed by atoms with E-state index >= 15 is 0 Å². The van der Waals surface area contributed by atoms with E-state index in [1.54, 1.807) is 48.5 Å². The first-order chi connectivity index (χ1) is 17.1. The van der Waals surface area contributed by atoms with E-state index in [4.69, 9.17) is 23.2 Å². The number of hydrogen-bond donors (Lipinski definition) is 1. The number of ether oxygens (including phenoxy) is 1. The summed E-state index contributed by atoms with van der Waals surface area (Å²) < 4.78 is 43.1. The standard InChI is InChI=1S/C26H21Cl2F3N2O3/c27-18-7-11-20(12-8-18)32-23(16-3-1-4-16)25(35,17-5-2-6-22(15-17)36-26(29,30)31)33(24(32)34)21-13-9-19(28)10-14-21/h2,5-16,23,35H,1,3-4H2/t23-,25?/m0/s1. The van der Waals surface area contributed by atoms with Gasteiger partial charge in [0.15, 0.2) is 5.72 Å². The summed E-state index contributed by atoms with van der Waals surface area (Å²) in [5.74, 6) is -0.589. The fourth-order valence-electron chi connectivity index (χ4n) is 4.97. The monoisotopic (exact) mass is 536 g/mol. The molecule has 1 saturated carbocycles. The predicted molar refractivity (Wildman–Crippen MR) is 131 cm³/mol. The predicted octanol–water partition coefficient (Wildman–Crippen LogP) is 7.35. The first-order valence-corrected chi connectivity index (χ1v) is 12.1. The summed E-state index contributed by atoms with van der Waals surface area (Å²) in [6, 6.07) is 16.8. The smallest absolute Gasteiger partial charge is 0.406 e. The second-order valence-electron chi connectivity index (χ2n) is 8.88. The average Bonchev–Trinajstić information content (AvgIpc) is 3.01. The zero-order valence-corrected chi connectivity index (χ0v) is 20.3. The molecule has 2 aliphatic rings. The van der Waals surface area contributed by atoms with E-state index in [1.807, 2.05) is 0 Å². The third kappa shape index (κ3) is 4.38. The highest BCUT2D eigenvalue weighted by Gasteiger charge is 2.61. The zero-order chi connectivity index (χ0) is 25.7. The lowest BCUT2D eigenvalue weighted by molar-refractivity contribution is -0.274. The van der Waals surface area contributed by atoms with Gasteiger partial charge in [-0.3, -0.25) is 9.80 Å². The molecule has 2 amide bonds. The average molecular weight is 537 g/mol. The molecule has 3 aromatic carbocycles. The number of anilines is 2. The van der Waals surface area contributed by atoms with Crippen molar-refractivity contribution < 1.29 is 27.8 Å². The van der Waals surface area contributed by atoms with Crippen molar-refractivity contribution in [2.45, 2.75) is 37.4 Å². The van der Waals surface area contributed by atoms with Crippen LogP contribution < -0.4 is 14.5 Å². The second-order valence-corrected chi connectivity index (χ2v) is 9.75. The molecule has 5 rings (SSSR count). The maximum absolute atomic E-state index is 14.0. The molecule has 1 aliphatic heterocycles. The van der Waals surface area contributed by atoms with E-state index in [0.717, 1.165) is 31.4 Å². The second kappa shape index (κ2) is 9.18. The Kier molecular flexibility index (Phi) is 6.31. The van der Waals surface area contributed by atoms with Gasteiger partial charge in [-0.1, -0.05) is 41.8 Å². The lowest BCUT2D eigenvalue weighted by atomic mass is 9.73. The number of carbonyl (C=O) groups excluding carboxylic acids is 1. The van der Waals surface area contributed by atoms with Gasteiger partial charge in [-0.05, 0) is 79.4 Å². The number of amides is 2. The summed E-state index contributed by atoms with van der Waals surface area (Å²) in [6.45, 7) is 0. The van der Waals surface area contributed by atoms with Crippen LogP contribution in [0, 0.1) is 5.92 Å². The molecule has 1 aliphatic carbocycles. The highest BCUT2D eigenvalue weighted by molar-refractivity contribution is 6.31. The maximum Gasteiger partial charge on any atom is 0.573 e. The molecule has 0 spiro atoms. The number of halogens is 5. The van der Waals surface area contributed by atoms with Gasteiger partial charge >= 0.3 is 12.4 Å². The van der Waals surface area contributed by atoms with Gasteiger partial charge in [0.05, 0.1) is 6.04 Å². The molecule has 1 saturated heterocycles. The van der Waals surface area contributed by atoms with Gasteiger partial charge in [-0.2, -0.15) is 0 Å². The Morgan fingerprint density at radius 1 is 0.917 bits per heavy atom. The van der Waals surface area contributed by atoms with Crippen molar-refractivity contribution in [2.75, 3.05) is 9.80 Å². The Labute approximate surface area is 215 Å². The van der Waals surface area contributed by atoms with Gasteiger partial charge in [-0.25, -0.2) is 4.79 Å². The highest BCUT2D eigenvalue weighted by Crippen LogP contribution is 2.51. The van der Waals surface area contributed by atoms with Crippen molar-refractivity contribution in [3.63, 3.8) is 0 Å². The molecule has 2 fully saturated rings. The molecule has 10 heteroatoms. The summed E-state index contributed by atoms with van der Waals surface area (Å²) in [6.07, 6.45) is -2.50. The van der Waals surface area contributed by atoms with E-state index in [2.05, 4.69) is 4.74 Å². The quantitative estimate of drug-likeness (QED) is 0.370. The van der Waals surface area contributed by atoms with Crippen LogP contribution in [0.2, 0.25) is 10.0 Å². The third-order valence-electron chi connectivity index (χ3n) is 6.71. The Morgan fingerprint density at radius 3 is 2.03 bits per heavy atom. The topological polar surface area (TPSA) is 53.0 Å². The summed E-state index contributed by atoms with van der Waals surface area (Å²) in [5, 5.41) is 13.4. The number of urea groups is 1. The molecule has 36 heavy (non-hydrogen) atoms. The van der Waals surface area contributed by atoms with Gasteiger partial charge in [0, 0.05) is 27.0 Å². The number of aliphatic hydroxyl groups is 1. The Balaban J connectivity index is 1.71. The van der Waals surface area contributed by atoms with Crippen molar-refractivity contribution in [1.29, 1.82) is 0 Å². The molecular weight excluding hydrogens is 516 g/mol. The van der Waals surface area contributed by atoms with E-state index < -0.39 is 29.9 Å². The minimum atomic E-state index is -4.91. The lowest BCUT2D eigenvalue weighted by Gasteiger charge is -2.44. The number of rotatable bonds is 5. The van der Waals surface area contributed by atoms with Crippen molar-refractivity contribution in [3.05, 3.63) is 88.4 Å². The molecule has 1 unspecified atom stereocenters. The van der Waals surface area contributed by atoms with Crippen molar-refractivity contribution in [1.82, 2.24) is 0 Å². The number of nitrogens with zero attached hydrogens (tertiary/aromatic N) is 2. The van der Waals surface area contributed by atoms with Crippen LogP contribution >= 0.6 is 23.2 Å². The molecule has 1 heterocycles. The van der Waals surface area contributed by atoms with Crippen molar-refractivity contribution in [2.24, 2.45) is 5.92 Å². The molecule has 3 aromatic rings. The molecule has 5 nitrogen and oxygen atoms in total. The summed E-state index contributed by atoms with van der Waals surface area (Å²) in [4.78, 5) is 16.8. The van der Waals surface area contributed by atoms with Crippen LogP contribution in [0.15, 0.2) is 72.8 Å².